The molecule has 24 heavy (non-hydrogen) atoms. The van der Waals surface area contributed by atoms with Gasteiger partial charge in [-0.05, 0) is 37.3 Å². The van der Waals surface area contributed by atoms with E-state index in [-0.39, 0.29) is 10.6 Å². The summed E-state index contributed by atoms with van der Waals surface area (Å²) >= 11 is 0. The third kappa shape index (κ3) is 2.53. The molecule has 0 saturated carbocycles. The molecule has 4 rings (SSSR count). The standard InChI is InChI=1S/C19H14O4S/c1-13-6-9-15(10-7-13)24(20,21)23-14-8-11-17-16-4-2-3-5-18(16)22-19(17)12-14/h2-12H,1H3. The fourth-order valence-electron chi connectivity index (χ4n) is 2.64. The zero-order valence-corrected chi connectivity index (χ0v) is 13.7. The summed E-state index contributed by atoms with van der Waals surface area (Å²) < 4.78 is 35.7. The van der Waals surface area contributed by atoms with Gasteiger partial charge in [-0.25, -0.2) is 0 Å². The van der Waals surface area contributed by atoms with Crippen LogP contribution in [0.15, 0.2) is 76.0 Å². The monoisotopic (exact) mass is 338 g/mol. The lowest BCUT2D eigenvalue weighted by Crippen LogP contribution is -2.09. The van der Waals surface area contributed by atoms with E-state index in [9.17, 15) is 8.42 Å². The molecule has 0 amide bonds. The second-order valence-corrected chi connectivity index (χ2v) is 7.15. The molecule has 3 aromatic carbocycles. The lowest BCUT2D eigenvalue weighted by atomic mass is 10.1. The molecule has 1 heterocycles. The summed E-state index contributed by atoms with van der Waals surface area (Å²) in [5.74, 6) is 0.224. The maximum Gasteiger partial charge on any atom is 0.339 e. The van der Waals surface area contributed by atoms with Crippen LogP contribution in [-0.4, -0.2) is 8.42 Å². The van der Waals surface area contributed by atoms with Crippen molar-refractivity contribution in [3.05, 3.63) is 72.3 Å². The van der Waals surface area contributed by atoms with E-state index in [1.165, 1.54) is 12.1 Å². The van der Waals surface area contributed by atoms with E-state index in [1.807, 2.05) is 31.2 Å². The molecule has 1 aromatic heterocycles. The van der Waals surface area contributed by atoms with Gasteiger partial charge in [0.1, 0.15) is 21.8 Å². The zero-order chi connectivity index (χ0) is 16.7. The zero-order valence-electron chi connectivity index (χ0n) is 12.9. The Kier molecular flexibility index (Phi) is 3.32. The van der Waals surface area contributed by atoms with Gasteiger partial charge in [0, 0.05) is 16.8 Å². The molecule has 0 saturated heterocycles. The van der Waals surface area contributed by atoms with Gasteiger partial charge >= 0.3 is 10.1 Å². The summed E-state index contributed by atoms with van der Waals surface area (Å²) in [6.07, 6.45) is 0. The molecule has 0 aliphatic heterocycles. The molecule has 0 N–H and O–H groups in total. The van der Waals surface area contributed by atoms with Crippen molar-refractivity contribution in [2.75, 3.05) is 0 Å². The molecular weight excluding hydrogens is 324 g/mol. The van der Waals surface area contributed by atoms with Crippen molar-refractivity contribution in [3.63, 3.8) is 0 Å². The number of aryl methyl sites for hydroxylation is 1. The lowest BCUT2D eigenvalue weighted by molar-refractivity contribution is 0.486. The highest BCUT2D eigenvalue weighted by Crippen LogP contribution is 2.31. The Bertz CT molecular complexity index is 1140. The van der Waals surface area contributed by atoms with Crippen LogP contribution in [-0.2, 0) is 10.1 Å². The van der Waals surface area contributed by atoms with Gasteiger partial charge < -0.3 is 8.60 Å². The summed E-state index contributed by atoms with van der Waals surface area (Å²) in [6, 6.07) is 19.2. The minimum Gasteiger partial charge on any atom is -0.456 e. The number of para-hydroxylation sites is 1. The summed E-state index contributed by atoms with van der Waals surface area (Å²) in [5.41, 5.74) is 2.33. The van der Waals surface area contributed by atoms with E-state index in [0.717, 1.165) is 21.9 Å². The summed E-state index contributed by atoms with van der Waals surface area (Å²) in [4.78, 5) is 0.123. The number of hydrogen-bond acceptors (Lipinski definition) is 4. The highest BCUT2D eigenvalue weighted by molar-refractivity contribution is 7.87. The lowest BCUT2D eigenvalue weighted by Gasteiger charge is -2.07. The molecule has 0 aliphatic carbocycles. The average Bonchev–Trinajstić information content (AvgIpc) is 2.92. The van der Waals surface area contributed by atoms with Gasteiger partial charge in [0.25, 0.3) is 0 Å². The Balaban J connectivity index is 1.74. The van der Waals surface area contributed by atoms with Gasteiger partial charge in [0.15, 0.2) is 0 Å². The molecular formula is C19H14O4S. The largest absolute Gasteiger partial charge is 0.456 e. The number of fused-ring (bicyclic) bond motifs is 3. The smallest absolute Gasteiger partial charge is 0.339 e. The van der Waals surface area contributed by atoms with Crippen LogP contribution < -0.4 is 4.18 Å². The Labute approximate surface area is 139 Å². The average molecular weight is 338 g/mol. The van der Waals surface area contributed by atoms with Crippen LogP contribution in [0.2, 0.25) is 0 Å². The van der Waals surface area contributed by atoms with Crippen LogP contribution >= 0.6 is 0 Å². The van der Waals surface area contributed by atoms with Gasteiger partial charge in [-0.15, -0.1) is 0 Å². The first-order valence-electron chi connectivity index (χ1n) is 7.45. The van der Waals surface area contributed by atoms with Crippen LogP contribution in [0.3, 0.4) is 0 Å². The second kappa shape index (κ2) is 5.39. The Hall–Kier alpha value is -2.79. The molecule has 5 heteroatoms. The molecule has 4 aromatic rings. The predicted molar refractivity (Wildman–Crippen MR) is 92.7 cm³/mol. The van der Waals surface area contributed by atoms with E-state index < -0.39 is 10.1 Å². The first-order chi connectivity index (χ1) is 11.5. The third-order valence-electron chi connectivity index (χ3n) is 3.87. The molecule has 4 nitrogen and oxygen atoms in total. The molecule has 0 aliphatic rings. The van der Waals surface area contributed by atoms with E-state index in [1.54, 1.807) is 30.3 Å². The molecule has 0 radical (unpaired) electrons. The molecule has 0 atom stereocenters. The van der Waals surface area contributed by atoms with Crippen LogP contribution in [0.25, 0.3) is 21.9 Å². The number of hydrogen-bond donors (Lipinski definition) is 0. The van der Waals surface area contributed by atoms with Crippen LogP contribution in [0.4, 0.5) is 0 Å². The quantitative estimate of drug-likeness (QED) is 0.510. The van der Waals surface area contributed by atoms with Crippen LogP contribution in [0.5, 0.6) is 5.75 Å². The fraction of sp³-hybridized carbons (Fsp3) is 0.0526. The van der Waals surface area contributed by atoms with Gasteiger partial charge in [-0.3, -0.25) is 0 Å². The molecule has 0 spiro atoms. The van der Waals surface area contributed by atoms with E-state index in [2.05, 4.69) is 0 Å². The highest BCUT2D eigenvalue weighted by Gasteiger charge is 2.17. The van der Waals surface area contributed by atoms with E-state index in [0.29, 0.717) is 5.58 Å². The number of benzene rings is 3. The molecule has 0 unspecified atom stereocenters. The van der Waals surface area contributed by atoms with Crippen molar-refractivity contribution in [2.24, 2.45) is 0 Å². The molecule has 120 valence electrons. The first-order valence-corrected chi connectivity index (χ1v) is 8.86. The Morgan fingerprint density at radius 2 is 1.54 bits per heavy atom. The van der Waals surface area contributed by atoms with Gasteiger partial charge in [-0.2, -0.15) is 8.42 Å². The summed E-state index contributed by atoms with van der Waals surface area (Å²) in [7, 11) is -3.87. The van der Waals surface area contributed by atoms with Crippen molar-refractivity contribution in [1.82, 2.24) is 0 Å². The minimum atomic E-state index is -3.87. The van der Waals surface area contributed by atoms with Gasteiger partial charge in [-0.1, -0.05) is 35.9 Å². The Morgan fingerprint density at radius 3 is 2.33 bits per heavy atom. The normalized spacial score (nSPS) is 11.9. The maximum absolute atomic E-state index is 12.4. The summed E-state index contributed by atoms with van der Waals surface area (Å²) in [5, 5.41) is 1.91. The second-order valence-electron chi connectivity index (χ2n) is 5.61. The van der Waals surface area contributed by atoms with Gasteiger partial charge in [0.2, 0.25) is 0 Å². The van der Waals surface area contributed by atoms with Gasteiger partial charge in [0.05, 0.1) is 0 Å². The van der Waals surface area contributed by atoms with E-state index in [4.69, 9.17) is 8.60 Å². The third-order valence-corrected chi connectivity index (χ3v) is 5.13. The molecule has 0 fully saturated rings. The summed E-state index contributed by atoms with van der Waals surface area (Å²) in [6.45, 7) is 1.90. The van der Waals surface area contributed by atoms with Crippen LogP contribution in [0, 0.1) is 6.92 Å². The fourth-order valence-corrected chi connectivity index (χ4v) is 3.56. The van der Waals surface area contributed by atoms with Crippen molar-refractivity contribution in [1.29, 1.82) is 0 Å². The van der Waals surface area contributed by atoms with Crippen LogP contribution in [0.1, 0.15) is 5.56 Å². The predicted octanol–water partition coefficient (Wildman–Crippen LogP) is 4.66. The topological polar surface area (TPSA) is 56.5 Å². The van der Waals surface area contributed by atoms with Crippen molar-refractivity contribution < 1.29 is 17.0 Å². The maximum atomic E-state index is 12.4. The minimum absolute atomic E-state index is 0.123. The van der Waals surface area contributed by atoms with Crippen molar-refractivity contribution >= 4 is 32.1 Å². The van der Waals surface area contributed by atoms with Crippen molar-refractivity contribution in [3.8, 4) is 5.75 Å². The van der Waals surface area contributed by atoms with E-state index >= 15 is 0 Å². The first kappa shape index (κ1) is 14.8. The highest BCUT2D eigenvalue weighted by atomic mass is 32.2. The number of furan rings is 1. The number of rotatable bonds is 3. The Morgan fingerprint density at radius 1 is 0.833 bits per heavy atom. The SMILES string of the molecule is Cc1ccc(S(=O)(=O)Oc2ccc3c(c2)oc2ccccc23)cc1. The van der Waals surface area contributed by atoms with Crippen molar-refractivity contribution in [2.45, 2.75) is 11.8 Å². The molecule has 0 bridgehead atoms.